The Kier molecular flexibility index (Phi) is 7.03. The molecule has 0 N–H and O–H groups in total. The monoisotopic (exact) mass is 506 g/mol. The lowest BCUT2D eigenvalue weighted by atomic mass is 10.1. The molecule has 5 nitrogen and oxygen atoms in total. The molecule has 0 fully saturated rings. The van der Waals surface area contributed by atoms with Crippen molar-refractivity contribution in [3.05, 3.63) is 75.5 Å². The van der Waals surface area contributed by atoms with Gasteiger partial charge in [-0.3, -0.25) is 4.79 Å². The summed E-state index contributed by atoms with van der Waals surface area (Å²) in [4.78, 5) is 18.3. The molecule has 1 amide bonds. The first-order valence-corrected chi connectivity index (χ1v) is 10.0. The van der Waals surface area contributed by atoms with Crippen molar-refractivity contribution in [3.63, 3.8) is 0 Å². The molecule has 29 heavy (non-hydrogen) atoms. The van der Waals surface area contributed by atoms with Crippen molar-refractivity contribution in [3.8, 4) is 17.4 Å². The van der Waals surface area contributed by atoms with Crippen LogP contribution in [0.15, 0.2) is 60.8 Å². The summed E-state index contributed by atoms with van der Waals surface area (Å²) in [6.45, 7) is 2.65. The van der Waals surface area contributed by atoms with Gasteiger partial charge in [-0.15, -0.1) is 0 Å². The molecular weight excluding hydrogens is 486 g/mol. The Bertz CT molecular complexity index is 996. The van der Waals surface area contributed by atoms with E-state index >= 15 is 0 Å². The number of nitrogens with zero attached hydrogens (tertiary/aromatic N) is 2. The highest BCUT2D eigenvalue weighted by Gasteiger charge is 2.20. The fourth-order valence-corrected chi connectivity index (χ4v) is 3.21. The number of hydrogen-bond acceptors (Lipinski definition) is 4. The van der Waals surface area contributed by atoms with Gasteiger partial charge in [0.25, 0.3) is 0 Å². The van der Waals surface area contributed by atoms with Crippen LogP contribution in [0, 0.1) is 10.5 Å². The number of carbonyl (C=O) groups is 1. The molecule has 150 valence electrons. The van der Waals surface area contributed by atoms with Gasteiger partial charge in [0.15, 0.2) is 0 Å². The maximum absolute atomic E-state index is 12.8. The second-order valence-corrected chi connectivity index (χ2v) is 7.60. The molecule has 3 aromatic rings. The van der Waals surface area contributed by atoms with Crippen molar-refractivity contribution in [2.24, 2.45) is 0 Å². The van der Waals surface area contributed by atoms with Crippen LogP contribution in [0.5, 0.6) is 17.4 Å². The number of aromatic nitrogens is 1. The molecule has 0 unspecified atom stereocenters. The Hall–Kier alpha value is -2.68. The lowest BCUT2D eigenvalue weighted by Gasteiger charge is -2.24. The van der Waals surface area contributed by atoms with E-state index in [4.69, 9.17) is 9.47 Å². The number of rotatable bonds is 7. The van der Waals surface area contributed by atoms with Gasteiger partial charge in [-0.1, -0.05) is 17.7 Å². The van der Waals surface area contributed by atoms with E-state index < -0.39 is 6.86 Å². The normalized spacial score (nSPS) is 10.5. The van der Waals surface area contributed by atoms with Crippen LogP contribution in [0.25, 0.3) is 0 Å². The van der Waals surface area contributed by atoms with Gasteiger partial charge in [0.05, 0.1) is 6.54 Å². The van der Waals surface area contributed by atoms with Gasteiger partial charge in [0.2, 0.25) is 18.6 Å². The van der Waals surface area contributed by atoms with Gasteiger partial charge in [-0.05, 0) is 72.0 Å². The van der Waals surface area contributed by atoms with E-state index in [-0.39, 0.29) is 12.5 Å². The van der Waals surface area contributed by atoms with Gasteiger partial charge >= 0.3 is 0 Å². The molecule has 0 atom stereocenters. The minimum absolute atomic E-state index is 0.196. The molecule has 3 rings (SSSR count). The third-order valence-corrected chi connectivity index (χ3v) is 4.92. The van der Waals surface area contributed by atoms with Gasteiger partial charge < -0.3 is 14.4 Å². The minimum atomic E-state index is -0.940. The first-order valence-electron chi connectivity index (χ1n) is 8.92. The van der Waals surface area contributed by atoms with Crippen molar-refractivity contribution >= 4 is 34.2 Å². The maximum Gasteiger partial charge on any atom is 0.243 e. The average Bonchev–Trinajstić information content (AvgIpc) is 2.70. The fraction of sp³-hybridized carbons (Fsp3) is 0.182. The van der Waals surface area contributed by atoms with Gasteiger partial charge in [-0.2, -0.15) is 0 Å². The van der Waals surface area contributed by atoms with Gasteiger partial charge in [-0.25, -0.2) is 9.37 Å². The average molecular weight is 506 g/mol. The number of aryl methyl sites for hydroxylation is 1. The number of alkyl halides is 1. The van der Waals surface area contributed by atoms with Crippen molar-refractivity contribution in [1.82, 2.24) is 4.98 Å². The van der Waals surface area contributed by atoms with Gasteiger partial charge in [0, 0.05) is 22.3 Å². The van der Waals surface area contributed by atoms with Crippen LogP contribution >= 0.6 is 22.6 Å². The predicted molar refractivity (Wildman–Crippen MR) is 118 cm³/mol. The molecule has 0 aliphatic rings. The molecule has 1 aromatic heterocycles. The van der Waals surface area contributed by atoms with E-state index in [1.54, 1.807) is 24.4 Å². The Morgan fingerprint density at radius 2 is 1.93 bits per heavy atom. The standard InChI is InChI=1S/C22H20FIN2O3/c1-15-5-10-21(28-14-23)17(12-15)13-26(16(2)27)20-4-3-11-25-22(20)29-19-8-6-18(24)7-9-19/h3-12H,13-14H2,1-2H3. The largest absolute Gasteiger partial charge is 0.463 e. The first-order chi connectivity index (χ1) is 14.0. The Labute approximate surface area is 182 Å². The van der Waals surface area contributed by atoms with Gasteiger partial charge in [0.1, 0.15) is 17.2 Å². The van der Waals surface area contributed by atoms with E-state index in [9.17, 15) is 9.18 Å². The number of hydrogen-bond donors (Lipinski definition) is 0. The highest BCUT2D eigenvalue weighted by Crippen LogP contribution is 2.33. The number of amides is 1. The Morgan fingerprint density at radius 1 is 1.17 bits per heavy atom. The minimum Gasteiger partial charge on any atom is -0.463 e. The lowest BCUT2D eigenvalue weighted by molar-refractivity contribution is -0.116. The van der Waals surface area contributed by atoms with E-state index in [2.05, 4.69) is 27.6 Å². The van der Waals surface area contributed by atoms with Crippen LogP contribution < -0.4 is 14.4 Å². The topological polar surface area (TPSA) is 51.7 Å². The summed E-state index contributed by atoms with van der Waals surface area (Å²) in [6.07, 6.45) is 1.61. The number of pyridine rings is 1. The number of ether oxygens (including phenoxy) is 2. The van der Waals surface area contributed by atoms with Crippen LogP contribution in [-0.4, -0.2) is 17.8 Å². The third-order valence-electron chi connectivity index (χ3n) is 4.20. The summed E-state index contributed by atoms with van der Waals surface area (Å²) in [6, 6.07) is 16.4. The smallest absolute Gasteiger partial charge is 0.243 e. The predicted octanol–water partition coefficient (Wildman–Crippen LogP) is 5.65. The molecule has 0 aliphatic carbocycles. The summed E-state index contributed by atoms with van der Waals surface area (Å²) in [5.74, 6) is 1.13. The van der Waals surface area contributed by atoms with E-state index in [1.807, 2.05) is 43.3 Å². The van der Waals surface area contributed by atoms with Crippen LogP contribution in [0.1, 0.15) is 18.1 Å². The van der Waals surface area contributed by atoms with E-state index in [0.717, 1.165) is 9.13 Å². The summed E-state index contributed by atoms with van der Waals surface area (Å²) in [7, 11) is 0. The van der Waals surface area contributed by atoms with Crippen LogP contribution in [0.3, 0.4) is 0 Å². The maximum atomic E-state index is 12.8. The van der Waals surface area contributed by atoms with E-state index in [1.165, 1.54) is 11.8 Å². The zero-order valence-corrected chi connectivity index (χ0v) is 18.2. The number of anilines is 1. The first kappa shape index (κ1) is 21.0. The highest BCUT2D eigenvalue weighted by atomic mass is 127. The quantitative estimate of drug-likeness (QED) is 0.389. The summed E-state index contributed by atoms with van der Waals surface area (Å²) in [5, 5.41) is 0. The molecule has 1 heterocycles. The summed E-state index contributed by atoms with van der Waals surface area (Å²) >= 11 is 2.22. The summed E-state index contributed by atoms with van der Waals surface area (Å²) < 4.78 is 24.9. The molecule has 0 spiro atoms. The molecule has 0 aliphatic heterocycles. The number of benzene rings is 2. The molecule has 7 heteroatoms. The van der Waals surface area contributed by atoms with Crippen LogP contribution in [0.4, 0.5) is 10.1 Å². The molecule has 2 aromatic carbocycles. The fourth-order valence-electron chi connectivity index (χ4n) is 2.85. The second-order valence-electron chi connectivity index (χ2n) is 6.35. The van der Waals surface area contributed by atoms with Crippen molar-refractivity contribution in [1.29, 1.82) is 0 Å². The Morgan fingerprint density at radius 3 is 2.62 bits per heavy atom. The van der Waals surface area contributed by atoms with Crippen LogP contribution in [-0.2, 0) is 11.3 Å². The SMILES string of the molecule is CC(=O)N(Cc1cc(C)ccc1OCF)c1cccnc1Oc1ccc(I)cc1. The lowest BCUT2D eigenvalue weighted by Crippen LogP contribution is -2.28. The molecule has 0 radical (unpaired) electrons. The zero-order valence-electron chi connectivity index (χ0n) is 16.1. The molecular formula is C22H20FIN2O3. The highest BCUT2D eigenvalue weighted by molar-refractivity contribution is 14.1. The summed E-state index contributed by atoms with van der Waals surface area (Å²) in [5.41, 5.74) is 2.20. The zero-order chi connectivity index (χ0) is 20.8. The molecule has 0 saturated carbocycles. The van der Waals surface area contributed by atoms with E-state index in [0.29, 0.717) is 28.6 Å². The Balaban J connectivity index is 1.95. The van der Waals surface area contributed by atoms with Crippen molar-refractivity contribution in [2.75, 3.05) is 11.8 Å². The van der Waals surface area contributed by atoms with Crippen LogP contribution in [0.2, 0.25) is 0 Å². The second kappa shape index (κ2) is 9.69. The molecule has 0 saturated heterocycles. The molecule has 0 bridgehead atoms. The van der Waals surface area contributed by atoms with Crippen molar-refractivity contribution < 1.29 is 18.7 Å². The number of halogens is 2. The van der Waals surface area contributed by atoms with Crippen molar-refractivity contribution in [2.45, 2.75) is 20.4 Å². The third kappa shape index (κ3) is 5.44. The number of carbonyl (C=O) groups excluding carboxylic acids is 1.